The minimum absolute atomic E-state index is 0.0875. The minimum Gasteiger partial charge on any atom is -0.496 e. The van der Waals surface area contributed by atoms with Gasteiger partial charge < -0.3 is 15.4 Å². The summed E-state index contributed by atoms with van der Waals surface area (Å²) in [6, 6.07) is 15.0. The number of benzene rings is 2. The minimum atomic E-state index is -0.0875. The van der Waals surface area contributed by atoms with E-state index in [9.17, 15) is 4.79 Å². The number of amides is 1. The molecule has 1 aromatic heterocycles. The maximum Gasteiger partial charge on any atom is 0.226 e. The number of halogens is 1. The van der Waals surface area contributed by atoms with E-state index in [0.29, 0.717) is 11.6 Å². The van der Waals surface area contributed by atoms with Crippen LogP contribution in [0.2, 0.25) is 5.02 Å². The molecule has 1 heterocycles. The number of rotatable bonds is 7. The van der Waals surface area contributed by atoms with Gasteiger partial charge in [-0.25, -0.2) is 4.98 Å². The molecule has 134 valence electrons. The maximum atomic E-state index is 12.2. The lowest BCUT2D eigenvalue weighted by Gasteiger charge is -2.09. The first kappa shape index (κ1) is 18.2. The van der Waals surface area contributed by atoms with E-state index < -0.39 is 0 Å². The third-order valence-corrected chi connectivity index (χ3v) is 4.68. The van der Waals surface area contributed by atoms with Crippen LogP contribution in [0.5, 0.6) is 5.75 Å². The summed E-state index contributed by atoms with van der Waals surface area (Å²) < 4.78 is 5.28. The number of nitrogens with zero attached hydrogens (tertiary/aromatic N) is 1. The molecule has 0 spiro atoms. The molecule has 0 saturated heterocycles. The van der Waals surface area contributed by atoms with Crippen molar-refractivity contribution >= 4 is 39.7 Å². The zero-order valence-electron chi connectivity index (χ0n) is 14.2. The molecule has 0 atom stereocenters. The van der Waals surface area contributed by atoms with E-state index in [1.807, 2.05) is 53.9 Å². The Morgan fingerprint density at radius 3 is 2.88 bits per heavy atom. The van der Waals surface area contributed by atoms with Gasteiger partial charge in [0.05, 0.1) is 19.2 Å². The number of hydrogen-bond acceptors (Lipinski definition) is 5. The van der Waals surface area contributed by atoms with Crippen LogP contribution in [0.3, 0.4) is 0 Å². The van der Waals surface area contributed by atoms with Crippen LogP contribution in [0.4, 0.5) is 10.8 Å². The first-order valence-corrected chi connectivity index (χ1v) is 9.25. The van der Waals surface area contributed by atoms with Crippen molar-refractivity contribution in [1.29, 1.82) is 0 Å². The van der Waals surface area contributed by atoms with Crippen molar-refractivity contribution in [3.05, 3.63) is 70.2 Å². The number of carbonyl (C=O) groups excluding carboxylic acids is 1. The summed E-state index contributed by atoms with van der Waals surface area (Å²) in [7, 11) is 1.62. The fraction of sp³-hybridized carbons (Fsp3) is 0.158. The Kier molecular flexibility index (Phi) is 6.09. The molecule has 2 aromatic carbocycles. The maximum absolute atomic E-state index is 12.2. The number of ether oxygens (including phenoxy) is 1. The van der Waals surface area contributed by atoms with E-state index >= 15 is 0 Å². The Labute approximate surface area is 161 Å². The number of para-hydroxylation sites is 1. The fourth-order valence-corrected chi connectivity index (χ4v) is 3.33. The van der Waals surface area contributed by atoms with Crippen molar-refractivity contribution < 1.29 is 9.53 Å². The summed E-state index contributed by atoms with van der Waals surface area (Å²) >= 11 is 7.42. The Balaban J connectivity index is 1.54. The van der Waals surface area contributed by atoms with E-state index in [1.54, 1.807) is 7.11 Å². The van der Waals surface area contributed by atoms with E-state index in [-0.39, 0.29) is 12.3 Å². The van der Waals surface area contributed by atoms with Crippen LogP contribution in [0.25, 0.3) is 0 Å². The van der Waals surface area contributed by atoms with Gasteiger partial charge in [0.1, 0.15) is 5.75 Å². The van der Waals surface area contributed by atoms with Gasteiger partial charge in [0, 0.05) is 28.2 Å². The van der Waals surface area contributed by atoms with E-state index in [1.165, 1.54) is 11.3 Å². The molecule has 26 heavy (non-hydrogen) atoms. The molecule has 7 heteroatoms. The van der Waals surface area contributed by atoms with Crippen LogP contribution in [-0.4, -0.2) is 18.0 Å². The quantitative estimate of drug-likeness (QED) is 0.630. The van der Waals surface area contributed by atoms with E-state index in [4.69, 9.17) is 16.3 Å². The first-order valence-electron chi connectivity index (χ1n) is 7.99. The second-order valence-electron chi connectivity index (χ2n) is 5.54. The van der Waals surface area contributed by atoms with Gasteiger partial charge in [-0.1, -0.05) is 35.9 Å². The lowest BCUT2D eigenvalue weighted by atomic mass is 10.2. The predicted octanol–water partition coefficient (Wildman–Crippen LogP) is 4.41. The first-order chi connectivity index (χ1) is 12.6. The van der Waals surface area contributed by atoms with Gasteiger partial charge in [0.25, 0.3) is 0 Å². The van der Waals surface area contributed by atoms with Crippen LogP contribution >= 0.6 is 22.9 Å². The molecule has 2 N–H and O–H groups in total. The van der Waals surface area contributed by atoms with Crippen LogP contribution in [-0.2, 0) is 17.8 Å². The van der Waals surface area contributed by atoms with Gasteiger partial charge in [-0.3, -0.25) is 4.79 Å². The van der Waals surface area contributed by atoms with Gasteiger partial charge >= 0.3 is 0 Å². The lowest BCUT2D eigenvalue weighted by Crippen LogP contribution is -2.24. The molecule has 3 aromatic rings. The van der Waals surface area contributed by atoms with Crippen molar-refractivity contribution in [3.63, 3.8) is 0 Å². The average molecular weight is 388 g/mol. The van der Waals surface area contributed by atoms with Crippen molar-refractivity contribution in [3.8, 4) is 5.75 Å². The lowest BCUT2D eigenvalue weighted by molar-refractivity contribution is -0.120. The molecular weight excluding hydrogens is 370 g/mol. The molecule has 3 rings (SSSR count). The highest BCUT2D eigenvalue weighted by Crippen LogP contribution is 2.23. The molecule has 0 saturated carbocycles. The Hall–Kier alpha value is -2.57. The van der Waals surface area contributed by atoms with Crippen molar-refractivity contribution in [2.75, 3.05) is 12.4 Å². The summed E-state index contributed by atoms with van der Waals surface area (Å²) in [5.74, 6) is 0.671. The van der Waals surface area contributed by atoms with Crippen LogP contribution in [0, 0.1) is 0 Å². The van der Waals surface area contributed by atoms with Crippen molar-refractivity contribution in [2.24, 2.45) is 0 Å². The Morgan fingerprint density at radius 2 is 2.08 bits per heavy atom. The molecule has 0 aliphatic heterocycles. The second-order valence-corrected chi connectivity index (χ2v) is 6.84. The summed E-state index contributed by atoms with van der Waals surface area (Å²) in [4.78, 5) is 16.6. The Morgan fingerprint density at radius 1 is 1.23 bits per heavy atom. The number of carbonyl (C=O) groups is 1. The number of thiazole rings is 1. The predicted molar refractivity (Wildman–Crippen MR) is 105 cm³/mol. The standard InChI is InChI=1S/C19H18ClN3O2S/c1-25-17-8-3-2-5-13(17)11-21-18(24)10-16-12-26-19(23-16)22-15-7-4-6-14(20)9-15/h2-9,12H,10-11H2,1H3,(H,21,24)(H,22,23). The van der Waals surface area contributed by atoms with E-state index in [2.05, 4.69) is 15.6 Å². The van der Waals surface area contributed by atoms with Crippen LogP contribution < -0.4 is 15.4 Å². The smallest absolute Gasteiger partial charge is 0.226 e. The van der Waals surface area contributed by atoms with Crippen LogP contribution in [0.15, 0.2) is 53.9 Å². The fourth-order valence-electron chi connectivity index (χ4n) is 2.41. The largest absolute Gasteiger partial charge is 0.496 e. The zero-order valence-corrected chi connectivity index (χ0v) is 15.7. The number of aromatic nitrogens is 1. The van der Waals surface area contributed by atoms with Gasteiger partial charge in [-0.05, 0) is 24.3 Å². The van der Waals surface area contributed by atoms with Crippen molar-refractivity contribution in [2.45, 2.75) is 13.0 Å². The third kappa shape index (κ3) is 4.97. The highest BCUT2D eigenvalue weighted by Gasteiger charge is 2.09. The van der Waals surface area contributed by atoms with Gasteiger partial charge in [-0.2, -0.15) is 0 Å². The molecule has 5 nitrogen and oxygen atoms in total. The normalized spacial score (nSPS) is 10.4. The molecule has 0 radical (unpaired) electrons. The molecule has 0 fully saturated rings. The molecule has 0 aliphatic carbocycles. The average Bonchev–Trinajstić information content (AvgIpc) is 3.07. The highest BCUT2D eigenvalue weighted by molar-refractivity contribution is 7.13. The van der Waals surface area contributed by atoms with Gasteiger partial charge in [-0.15, -0.1) is 11.3 Å². The van der Waals surface area contributed by atoms with Gasteiger partial charge in [0.2, 0.25) is 5.91 Å². The summed E-state index contributed by atoms with van der Waals surface area (Å²) in [5.41, 5.74) is 2.51. The number of anilines is 2. The van der Waals surface area contributed by atoms with Crippen molar-refractivity contribution in [1.82, 2.24) is 10.3 Å². The topological polar surface area (TPSA) is 63.2 Å². The zero-order chi connectivity index (χ0) is 18.4. The number of hydrogen-bond donors (Lipinski definition) is 2. The molecule has 0 unspecified atom stereocenters. The number of methoxy groups -OCH3 is 1. The highest BCUT2D eigenvalue weighted by atomic mass is 35.5. The SMILES string of the molecule is COc1ccccc1CNC(=O)Cc1csc(Nc2cccc(Cl)c2)n1. The molecule has 0 aliphatic rings. The van der Waals surface area contributed by atoms with Crippen LogP contribution in [0.1, 0.15) is 11.3 Å². The van der Waals surface area contributed by atoms with Gasteiger partial charge in [0.15, 0.2) is 5.13 Å². The Bertz CT molecular complexity index is 898. The second kappa shape index (κ2) is 8.69. The molecule has 0 bridgehead atoms. The van der Waals surface area contributed by atoms with E-state index in [0.717, 1.165) is 27.8 Å². The third-order valence-electron chi connectivity index (χ3n) is 3.64. The number of nitrogens with one attached hydrogen (secondary N) is 2. The molecule has 1 amide bonds. The monoisotopic (exact) mass is 387 g/mol. The summed E-state index contributed by atoms with van der Waals surface area (Å²) in [5, 5.41) is 9.33. The molecular formula is C19H18ClN3O2S. The summed E-state index contributed by atoms with van der Waals surface area (Å²) in [6.45, 7) is 0.417. The summed E-state index contributed by atoms with van der Waals surface area (Å²) in [6.07, 6.45) is 0.225.